The van der Waals surface area contributed by atoms with E-state index in [1.807, 2.05) is 54.7 Å². The summed E-state index contributed by atoms with van der Waals surface area (Å²) in [5.41, 5.74) is 2.79. The Balaban J connectivity index is 1.51. The number of fused-ring (bicyclic) bond motifs is 1. The van der Waals surface area contributed by atoms with Crippen LogP contribution in [-0.4, -0.2) is 61.5 Å². The quantitative estimate of drug-likeness (QED) is 0.182. The van der Waals surface area contributed by atoms with Gasteiger partial charge >= 0.3 is 203 Å². The average molecular weight is 528 g/mol. The monoisotopic (exact) mass is 527 g/mol. The number of aliphatic hydroxyl groups excluding tert-OH is 1. The molecule has 170 valence electrons. The van der Waals surface area contributed by atoms with Crippen molar-refractivity contribution < 1.29 is 19.4 Å². The second-order valence-corrected chi connectivity index (χ2v) is 10.3. The molecule has 0 amide bonds. The normalized spacial score (nSPS) is 11.5. The molecule has 1 atom stereocenters. The number of aldehydes is 1. The van der Waals surface area contributed by atoms with E-state index in [1.54, 1.807) is 6.33 Å². The van der Waals surface area contributed by atoms with Crippen LogP contribution in [0.4, 0.5) is 0 Å². The van der Waals surface area contributed by atoms with Crippen molar-refractivity contribution in [2.75, 3.05) is 19.8 Å². The molecule has 2 aromatic heterocycles. The fourth-order valence-electron chi connectivity index (χ4n) is 3.40. The molecule has 4 aromatic rings. The molecule has 0 aliphatic rings. The van der Waals surface area contributed by atoms with Gasteiger partial charge in [0.1, 0.15) is 0 Å². The average Bonchev–Trinajstić information content (AvgIpc) is 3.23. The van der Waals surface area contributed by atoms with Crippen LogP contribution in [0, 0.1) is 0 Å². The minimum absolute atomic E-state index is 0.0116. The molecule has 4 rings (SSSR count). The van der Waals surface area contributed by atoms with Crippen LogP contribution in [0.2, 0.25) is 5.02 Å². The molecule has 1 unspecified atom stereocenters. The number of nitrogens with zero attached hydrogens (tertiary/aromatic N) is 3. The van der Waals surface area contributed by atoms with Gasteiger partial charge in [-0.1, -0.05) is 0 Å². The third kappa shape index (κ3) is 6.00. The molecule has 2 aromatic carbocycles. The zero-order valence-electron chi connectivity index (χ0n) is 17.8. The molecule has 0 saturated carbocycles. The summed E-state index contributed by atoms with van der Waals surface area (Å²) in [7, 11) is 0. The Morgan fingerprint density at radius 3 is 2.85 bits per heavy atom. The molecule has 7 nitrogen and oxygen atoms in total. The molecule has 0 spiro atoms. The fraction of sp³-hybridized carbons (Fsp3) is 0.208. The Hall–Kier alpha value is -2.70. The molecule has 0 bridgehead atoms. The van der Waals surface area contributed by atoms with Crippen molar-refractivity contribution in [1.82, 2.24) is 14.5 Å². The minimum atomic E-state index is -0.782. The van der Waals surface area contributed by atoms with Crippen molar-refractivity contribution in [3.8, 4) is 11.5 Å². The van der Waals surface area contributed by atoms with Gasteiger partial charge in [0.15, 0.2) is 0 Å². The summed E-state index contributed by atoms with van der Waals surface area (Å²) < 4.78 is 15.6. The van der Waals surface area contributed by atoms with Gasteiger partial charge in [-0.2, -0.15) is 0 Å². The van der Waals surface area contributed by atoms with E-state index in [4.69, 9.17) is 26.2 Å². The predicted octanol–water partition coefficient (Wildman–Crippen LogP) is 2.01. The van der Waals surface area contributed by atoms with Crippen LogP contribution in [-0.2, 0) is 22.5 Å². The standard InChI is InChI=1S/C24H23AsClN3O4/c26-20-15-18(4-5-22(20)33-19-3-1-2-17(14-19)7-10-30)25-24-23-21(27-16-28-24)6-8-29(23)9-12-32-13-11-31/h1-6,8,10,14-16,25,31H,7,9,11-13H2. The van der Waals surface area contributed by atoms with Crippen molar-refractivity contribution in [3.05, 3.63) is 71.6 Å². The molecular weight excluding hydrogens is 505 g/mol. The van der Waals surface area contributed by atoms with Crippen LogP contribution in [0.15, 0.2) is 61.1 Å². The third-order valence-electron chi connectivity index (χ3n) is 4.90. The number of aromatic nitrogens is 3. The molecular formula is C24H23AsClN3O4. The van der Waals surface area contributed by atoms with E-state index >= 15 is 0 Å². The van der Waals surface area contributed by atoms with E-state index in [-0.39, 0.29) is 6.61 Å². The van der Waals surface area contributed by atoms with Gasteiger partial charge in [-0.05, 0) is 0 Å². The first-order chi connectivity index (χ1) is 16.2. The topological polar surface area (TPSA) is 86.5 Å². The second kappa shape index (κ2) is 11.4. The molecule has 1 N–H and O–H groups in total. The van der Waals surface area contributed by atoms with Crippen molar-refractivity contribution in [3.63, 3.8) is 0 Å². The maximum absolute atomic E-state index is 10.8. The number of halogens is 1. The summed E-state index contributed by atoms with van der Waals surface area (Å²) in [6.45, 7) is 1.50. The van der Waals surface area contributed by atoms with Crippen LogP contribution in [0.5, 0.6) is 11.5 Å². The molecule has 33 heavy (non-hydrogen) atoms. The molecule has 0 saturated heterocycles. The molecule has 0 fully saturated rings. The molecule has 0 aliphatic carbocycles. The van der Waals surface area contributed by atoms with Crippen LogP contribution in [0.3, 0.4) is 0 Å². The number of benzene rings is 2. The number of ether oxygens (including phenoxy) is 2. The number of rotatable bonds is 11. The fourth-order valence-corrected chi connectivity index (χ4v) is 6.26. The first-order valence-corrected chi connectivity index (χ1v) is 12.9. The van der Waals surface area contributed by atoms with Gasteiger partial charge in [0.25, 0.3) is 0 Å². The molecule has 2 heterocycles. The Morgan fingerprint density at radius 1 is 1.12 bits per heavy atom. The Bertz CT molecular complexity index is 1250. The number of hydrogen-bond acceptors (Lipinski definition) is 6. The summed E-state index contributed by atoms with van der Waals surface area (Å²) >= 11 is 5.75. The summed E-state index contributed by atoms with van der Waals surface area (Å²) in [5.74, 6) is 1.20. The number of carbonyl (C=O) groups excluding carboxylic acids is 1. The van der Waals surface area contributed by atoms with Gasteiger partial charge in [0, 0.05) is 0 Å². The van der Waals surface area contributed by atoms with Crippen LogP contribution >= 0.6 is 11.6 Å². The predicted molar refractivity (Wildman–Crippen MR) is 130 cm³/mol. The third-order valence-corrected chi connectivity index (χ3v) is 7.72. The summed E-state index contributed by atoms with van der Waals surface area (Å²) in [6, 6.07) is 15.2. The Kier molecular flexibility index (Phi) is 8.13. The zero-order valence-corrected chi connectivity index (χ0v) is 20.6. The van der Waals surface area contributed by atoms with Crippen LogP contribution < -0.4 is 13.6 Å². The van der Waals surface area contributed by atoms with E-state index in [0.29, 0.717) is 42.7 Å². The van der Waals surface area contributed by atoms with E-state index in [0.717, 1.165) is 31.7 Å². The summed E-state index contributed by atoms with van der Waals surface area (Å²) in [6.07, 6.45) is 4.80. The molecule has 0 radical (unpaired) electrons. The second-order valence-electron chi connectivity index (χ2n) is 7.19. The molecule has 0 aliphatic heterocycles. The Morgan fingerprint density at radius 2 is 2.03 bits per heavy atom. The van der Waals surface area contributed by atoms with Gasteiger partial charge < -0.3 is 0 Å². The zero-order chi connectivity index (χ0) is 23.0. The summed E-state index contributed by atoms with van der Waals surface area (Å²) in [5, 5.41) is 9.41. The van der Waals surface area contributed by atoms with Crippen molar-refractivity contribution in [2.45, 2.75) is 13.0 Å². The first-order valence-electron chi connectivity index (χ1n) is 10.4. The molecule has 9 heteroatoms. The van der Waals surface area contributed by atoms with Crippen LogP contribution in [0.25, 0.3) is 11.0 Å². The van der Waals surface area contributed by atoms with Gasteiger partial charge in [-0.25, -0.2) is 0 Å². The van der Waals surface area contributed by atoms with E-state index in [9.17, 15) is 4.79 Å². The Labute approximate surface area is 203 Å². The summed E-state index contributed by atoms with van der Waals surface area (Å²) in [4.78, 5) is 19.7. The van der Waals surface area contributed by atoms with E-state index in [1.165, 1.54) is 0 Å². The van der Waals surface area contributed by atoms with Crippen LogP contribution in [0.1, 0.15) is 5.56 Å². The van der Waals surface area contributed by atoms with E-state index < -0.39 is 15.8 Å². The first kappa shape index (κ1) is 23.5. The van der Waals surface area contributed by atoms with Gasteiger partial charge in [0.05, 0.1) is 0 Å². The van der Waals surface area contributed by atoms with E-state index in [2.05, 4.69) is 14.5 Å². The van der Waals surface area contributed by atoms with Gasteiger partial charge in [0.2, 0.25) is 0 Å². The SMILES string of the molecule is O=CCc1cccc(Oc2ccc([AsH]c3ncnc4ccn(CCOCCO)c34)cc2Cl)c1. The van der Waals surface area contributed by atoms with Gasteiger partial charge in [-0.3, -0.25) is 0 Å². The number of hydrogen-bond donors (Lipinski definition) is 1. The number of carbonyl (C=O) groups is 1. The van der Waals surface area contributed by atoms with Crippen molar-refractivity contribution >= 4 is 53.5 Å². The van der Waals surface area contributed by atoms with Crippen molar-refractivity contribution in [1.29, 1.82) is 0 Å². The van der Waals surface area contributed by atoms with Gasteiger partial charge in [-0.15, -0.1) is 0 Å². The number of aliphatic hydroxyl groups is 1. The maximum atomic E-state index is 10.8. The van der Waals surface area contributed by atoms with Crippen molar-refractivity contribution in [2.24, 2.45) is 0 Å².